The SMILES string of the molecule is CC(C(=O)O)C(CC(C)(CC(=O)O)C(=O)O)C(=O)O.CC1C(=O)OC(=O)C1CC(C)(CC(=O)O)C(=O)O.O. The first kappa shape index (κ1) is 36.1. The van der Waals surface area contributed by atoms with E-state index < -0.39 is 102 Å². The molecule has 0 aromatic rings. The Balaban J connectivity index is 0. The average Bonchev–Trinajstić information content (AvgIpc) is 2.96. The van der Waals surface area contributed by atoms with E-state index in [-0.39, 0.29) is 11.9 Å². The number of carbonyl (C=O) groups excluding carboxylic acids is 2. The summed E-state index contributed by atoms with van der Waals surface area (Å²) in [5.74, 6) is -14.2. The fourth-order valence-corrected chi connectivity index (χ4v) is 3.65. The summed E-state index contributed by atoms with van der Waals surface area (Å²) in [6.45, 7) is 4.94. The maximum Gasteiger partial charge on any atom is 0.317 e. The van der Waals surface area contributed by atoms with Gasteiger partial charge < -0.3 is 40.9 Å². The maximum absolute atomic E-state index is 11.4. The van der Waals surface area contributed by atoms with Gasteiger partial charge in [0.25, 0.3) is 0 Å². The number of rotatable bonds is 13. The number of aliphatic carboxylic acids is 6. The highest BCUT2D eigenvalue weighted by Gasteiger charge is 2.48. The number of esters is 2. The van der Waals surface area contributed by atoms with Crippen molar-refractivity contribution < 1.29 is 79.2 Å². The van der Waals surface area contributed by atoms with E-state index in [2.05, 4.69) is 4.74 Å². The van der Waals surface area contributed by atoms with Gasteiger partial charge in [0.1, 0.15) is 0 Å². The highest BCUT2D eigenvalue weighted by atomic mass is 16.6. The molecule has 1 aliphatic heterocycles. The number of carbonyl (C=O) groups is 8. The highest BCUT2D eigenvalue weighted by molar-refractivity contribution is 5.96. The minimum absolute atomic E-state index is 0. The zero-order valence-corrected chi connectivity index (χ0v) is 21.0. The molecule has 6 unspecified atom stereocenters. The Kier molecular flexibility index (Phi) is 13.3. The molecule has 0 aromatic heterocycles. The van der Waals surface area contributed by atoms with Gasteiger partial charge in [-0.05, 0) is 26.7 Å². The summed E-state index contributed by atoms with van der Waals surface area (Å²) in [7, 11) is 0. The van der Waals surface area contributed by atoms with Crippen LogP contribution in [0.2, 0.25) is 0 Å². The molecule has 38 heavy (non-hydrogen) atoms. The predicted octanol–water partition coefficient (Wildman–Crippen LogP) is -0.183. The molecule has 0 spiro atoms. The second-order valence-electron chi connectivity index (χ2n) is 9.49. The second kappa shape index (κ2) is 14.0. The summed E-state index contributed by atoms with van der Waals surface area (Å²) < 4.78 is 4.40. The first-order valence-corrected chi connectivity index (χ1v) is 10.8. The molecule has 0 bridgehead atoms. The van der Waals surface area contributed by atoms with Crippen molar-refractivity contribution in [2.45, 2.75) is 53.4 Å². The van der Waals surface area contributed by atoms with Crippen LogP contribution in [0.25, 0.3) is 0 Å². The highest BCUT2D eigenvalue weighted by Crippen LogP contribution is 2.37. The summed E-state index contributed by atoms with van der Waals surface area (Å²) in [4.78, 5) is 88.0. The normalized spacial score (nSPS) is 21.1. The number of hydrogen-bond donors (Lipinski definition) is 6. The molecule has 0 aromatic carbocycles. The molecule has 0 saturated carbocycles. The zero-order chi connectivity index (χ0) is 29.5. The summed E-state index contributed by atoms with van der Waals surface area (Å²) >= 11 is 0. The Morgan fingerprint density at radius 1 is 0.789 bits per heavy atom. The second-order valence-corrected chi connectivity index (χ2v) is 9.49. The number of ether oxygens (including phenoxy) is 1. The Morgan fingerprint density at radius 3 is 1.50 bits per heavy atom. The molecule has 0 amide bonds. The molecular weight excluding hydrogens is 520 g/mol. The number of carboxylic acid groups (broad SMARTS) is 6. The van der Waals surface area contributed by atoms with Crippen LogP contribution in [0.5, 0.6) is 0 Å². The van der Waals surface area contributed by atoms with Crippen LogP contribution in [0.4, 0.5) is 0 Å². The molecule has 6 atom stereocenters. The number of hydrogen-bond acceptors (Lipinski definition) is 9. The lowest BCUT2D eigenvalue weighted by atomic mass is 9.74. The third-order valence-corrected chi connectivity index (χ3v) is 6.25. The van der Waals surface area contributed by atoms with Crippen molar-refractivity contribution in [3.05, 3.63) is 0 Å². The molecular formula is C22H32O16. The van der Waals surface area contributed by atoms with E-state index in [1.165, 1.54) is 13.8 Å². The van der Waals surface area contributed by atoms with Crippen LogP contribution in [0.15, 0.2) is 0 Å². The van der Waals surface area contributed by atoms with Crippen molar-refractivity contribution in [1.29, 1.82) is 0 Å². The minimum Gasteiger partial charge on any atom is -0.481 e. The molecule has 1 saturated heterocycles. The van der Waals surface area contributed by atoms with Crippen LogP contribution in [-0.4, -0.2) is 83.9 Å². The Labute approximate surface area is 215 Å². The van der Waals surface area contributed by atoms with Gasteiger partial charge in [0.05, 0.1) is 47.3 Å². The van der Waals surface area contributed by atoms with Crippen LogP contribution in [0, 0.1) is 34.5 Å². The van der Waals surface area contributed by atoms with Crippen molar-refractivity contribution >= 4 is 47.8 Å². The van der Waals surface area contributed by atoms with Gasteiger partial charge in [0.15, 0.2) is 0 Å². The van der Waals surface area contributed by atoms with Crippen molar-refractivity contribution in [3.8, 4) is 0 Å². The Hall–Kier alpha value is -4.08. The third-order valence-electron chi connectivity index (χ3n) is 6.25. The molecule has 1 fully saturated rings. The van der Waals surface area contributed by atoms with Gasteiger partial charge >= 0.3 is 47.8 Å². The Morgan fingerprint density at radius 2 is 1.21 bits per heavy atom. The summed E-state index contributed by atoms with van der Waals surface area (Å²) in [5.41, 5.74) is -3.44. The lowest BCUT2D eigenvalue weighted by molar-refractivity contribution is -0.161. The van der Waals surface area contributed by atoms with Crippen molar-refractivity contribution in [2.24, 2.45) is 34.5 Å². The van der Waals surface area contributed by atoms with Crippen LogP contribution in [0.1, 0.15) is 53.4 Å². The van der Waals surface area contributed by atoms with E-state index in [9.17, 15) is 38.4 Å². The van der Waals surface area contributed by atoms with E-state index >= 15 is 0 Å². The molecule has 1 rings (SSSR count). The van der Waals surface area contributed by atoms with Gasteiger partial charge in [-0.25, -0.2) is 0 Å². The molecule has 0 radical (unpaired) electrons. The first-order chi connectivity index (χ1) is 16.7. The van der Waals surface area contributed by atoms with Crippen LogP contribution < -0.4 is 0 Å². The fraction of sp³-hybridized carbons (Fsp3) is 0.636. The van der Waals surface area contributed by atoms with Gasteiger partial charge in [0, 0.05) is 0 Å². The van der Waals surface area contributed by atoms with Crippen molar-refractivity contribution in [3.63, 3.8) is 0 Å². The van der Waals surface area contributed by atoms with Gasteiger partial charge in [-0.15, -0.1) is 0 Å². The molecule has 8 N–H and O–H groups in total. The topological polar surface area (TPSA) is 299 Å². The van der Waals surface area contributed by atoms with Crippen LogP contribution >= 0.6 is 0 Å². The quantitative estimate of drug-likeness (QED) is 0.127. The van der Waals surface area contributed by atoms with Crippen molar-refractivity contribution in [1.82, 2.24) is 0 Å². The van der Waals surface area contributed by atoms with E-state index in [1.807, 2.05) is 0 Å². The smallest absolute Gasteiger partial charge is 0.317 e. The van der Waals surface area contributed by atoms with Crippen LogP contribution in [-0.2, 0) is 43.1 Å². The maximum atomic E-state index is 11.4. The monoisotopic (exact) mass is 552 g/mol. The lowest BCUT2D eigenvalue weighted by Gasteiger charge is -2.27. The molecule has 1 heterocycles. The Bertz CT molecular complexity index is 970. The third kappa shape index (κ3) is 9.76. The largest absolute Gasteiger partial charge is 0.481 e. The predicted molar refractivity (Wildman–Crippen MR) is 121 cm³/mol. The van der Waals surface area contributed by atoms with Gasteiger partial charge in [0.2, 0.25) is 0 Å². The van der Waals surface area contributed by atoms with Gasteiger partial charge in [-0.1, -0.05) is 13.8 Å². The van der Waals surface area contributed by atoms with Crippen molar-refractivity contribution in [2.75, 3.05) is 0 Å². The van der Waals surface area contributed by atoms with E-state index in [1.54, 1.807) is 0 Å². The summed E-state index contributed by atoms with van der Waals surface area (Å²) in [6, 6.07) is 0. The summed E-state index contributed by atoms with van der Waals surface area (Å²) in [6.07, 6.45) is -2.21. The standard InChI is InChI=1S/C11H16O8.C11H14O7.H2O/c1-5(8(14)15)6(9(16)17)3-11(2,10(18)19)4-7(12)13;1-5-6(9(15)18-8(5)14)3-11(2,10(16)17)4-7(12)13;/h5-6H,3-4H2,1-2H3,(H,12,13)(H,14,15)(H,16,17)(H,18,19);5-6H,3-4H2,1-2H3,(H,12,13)(H,16,17);1H2. The van der Waals surface area contributed by atoms with Crippen LogP contribution in [0.3, 0.4) is 0 Å². The number of carboxylic acids is 6. The first-order valence-electron chi connectivity index (χ1n) is 10.8. The fourth-order valence-electron chi connectivity index (χ4n) is 3.65. The molecule has 16 heteroatoms. The van der Waals surface area contributed by atoms with E-state index in [0.717, 1.165) is 13.8 Å². The molecule has 16 nitrogen and oxygen atoms in total. The summed E-state index contributed by atoms with van der Waals surface area (Å²) in [5, 5.41) is 53.2. The molecule has 216 valence electrons. The van der Waals surface area contributed by atoms with E-state index in [4.69, 9.17) is 30.6 Å². The average molecular weight is 552 g/mol. The van der Waals surface area contributed by atoms with E-state index in [0.29, 0.717) is 0 Å². The zero-order valence-electron chi connectivity index (χ0n) is 21.0. The minimum atomic E-state index is -1.83. The molecule has 1 aliphatic rings. The molecule has 0 aliphatic carbocycles. The van der Waals surface area contributed by atoms with Gasteiger partial charge in [-0.2, -0.15) is 0 Å². The number of cyclic esters (lactones) is 2. The van der Waals surface area contributed by atoms with Gasteiger partial charge in [-0.3, -0.25) is 38.4 Å². The lowest BCUT2D eigenvalue weighted by Crippen LogP contribution is -2.38.